The van der Waals surface area contributed by atoms with E-state index in [-0.39, 0.29) is 24.4 Å². The summed E-state index contributed by atoms with van der Waals surface area (Å²) in [5.74, 6) is 1.20. The van der Waals surface area contributed by atoms with Crippen molar-refractivity contribution in [1.29, 1.82) is 0 Å². The van der Waals surface area contributed by atoms with Crippen LogP contribution in [0.2, 0.25) is 0 Å². The molecular formula is C14H23ClN2O4. The number of amides is 1. The first-order chi connectivity index (χ1) is 9.49. The molecule has 2 N–H and O–H groups in total. The lowest BCUT2D eigenvalue weighted by atomic mass is 10.1. The molecule has 21 heavy (non-hydrogen) atoms. The largest absolute Gasteiger partial charge is 0.493 e. The molecule has 0 saturated carbocycles. The number of rotatable bonds is 6. The molecule has 0 aliphatic rings. The lowest BCUT2D eigenvalue weighted by Gasteiger charge is -2.24. The van der Waals surface area contributed by atoms with Crippen molar-refractivity contribution in [2.45, 2.75) is 13.0 Å². The number of carbonyl (C=O) groups excluding carboxylic acids is 1. The summed E-state index contributed by atoms with van der Waals surface area (Å²) in [5.41, 5.74) is 6.04. The maximum absolute atomic E-state index is 12.4. The zero-order chi connectivity index (χ0) is 15.3. The average Bonchev–Trinajstić information content (AvgIpc) is 2.50. The number of nitrogens with two attached hydrogens (primary N) is 1. The monoisotopic (exact) mass is 318 g/mol. The number of halogens is 1. The molecule has 120 valence electrons. The van der Waals surface area contributed by atoms with Crippen molar-refractivity contribution in [2.75, 3.05) is 34.9 Å². The van der Waals surface area contributed by atoms with Gasteiger partial charge in [-0.1, -0.05) is 0 Å². The van der Waals surface area contributed by atoms with E-state index in [2.05, 4.69) is 0 Å². The molecule has 0 aromatic heterocycles. The van der Waals surface area contributed by atoms with E-state index < -0.39 is 0 Å². The molecule has 0 spiro atoms. The smallest absolute Gasteiger partial charge is 0.254 e. The molecule has 1 aromatic rings. The number of ether oxygens (including phenoxy) is 3. The fraction of sp³-hybridized carbons (Fsp3) is 0.500. The third-order valence-electron chi connectivity index (χ3n) is 3.23. The van der Waals surface area contributed by atoms with Gasteiger partial charge in [-0.3, -0.25) is 4.79 Å². The number of carbonyl (C=O) groups is 1. The minimum absolute atomic E-state index is 0. The van der Waals surface area contributed by atoms with E-state index in [4.69, 9.17) is 19.9 Å². The zero-order valence-electron chi connectivity index (χ0n) is 13.0. The highest BCUT2D eigenvalue weighted by Gasteiger charge is 2.21. The van der Waals surface area contributed by atoms with Crippen LogP contribution in [0.3, 0.4) is 0 Å². The summed E-state index contributed by atoms with van der Waals surface area (Å²) in [6.07, 6.45) is 0. The number of likely N-dealkylation sites (N-methyl/N-ethyl adjacent to an activating group) is 1. The third-order valence-corrected chi connectivity index (χ3v) is 3.23. The summed E-state index contributed by atoms with van der Waals surface area (Å²) in [6.45, 7) is 2.28. The van der Waals surface area contributed by atoms with E-state index in [9.17, 15) is 4.79 Å². The van der Waals surface area contributed by atoms with Gasteiger partial charge in [0.05, 0.1) is 21.3 Å². The molecule has 0 radical (unpaired) electrons. The normalized spacial score (nSPS) is 11.1. The standard InChI is InChI=1S/C14H22N2O4.ClH/c1-9(8-15)16(2)14(17)10-6-11(18-3)13(20-5)12(7-10)19-4;/h6-7,9H,8,15H2,1-5H3;1H. The SMILES string of the molecule is COc1cc(C(=O)N(C)C(C)CN)cc(OC)c1OC.Cl. The van der Waals surface area contributed by atoms with Crippen LogP contribution in [0, 0.1) is 0 Å². The first kappa shape index (κ1) is 19.3. The Morgan fingerprint density at radius 1 is 1.19 bits per heavy atom. The topological polar surface area (TPSA) is 74.0 Å². The van der Waals surface area contributed by atoms with Crippen molar-refractivity contribution in [3.05, 3.63) is 17.7 Å². The molecule has 1 atom stereocenters. The van der Waals surface area contributed by atoms with E-state index in [1.54, 1.807) is 24.1 Å². The van der Waals surface area contributed by atoms with Crippen molar-refractivity contribution in [1.82, 2.24) is 4.90 Å². The lowest BCUT2D eigenvalue weighted by molar-refractivity contribution is 0.0747. The van der Waals surface area contributed by atoms with Gasteiger partial charge in [0, 0.05) is 25.2 Å². The van der Waals surface area contributed by atoms with Crippen LogP contribution in [0.25, 0.3) is 0 Å². The van der Waals surface area contributed by atoms with Crippen LogP contribution < -0.4 is 19.9 Å². The van der Waals surface area contributed by atoms with E-state index in [1.807, 2.05) is 6.92 Å². The number of hydrogen-bond acceptors (Lipinski definition) is 5. The fourth-order valence-corrected chi connectivity index (χ4v) is 1.77. The molecule has 6 nitrogen and oxygen atoms in total. The molecule has 7 heteroatoms. The van der Waals surface area contributed by atoms with Crippen LogP contribution >= 0.6 is 12.4 Å². The minimum atomic E-state index is -0.151. The lowest BCUT2D eigenvalue weighted by Crippen LogP contribution is -2.39. The fourth-order valence-electron chi connectivity index (χ4n) is 1.77. The predicted molar refractivity (Wildman–Crippen MR) is 84.0 cm³/mol. The first-order valence-electron chi connectivity index (χ1n) is 6.27. The molecule has 0 aliphatic carbocycles. The quantitative estimate of drug-likeness (QED) is 0.861. The molecule has 1 unspecified atom stereocenters. The summed E-state index contributed by atoms with van der Waals surface area (Å²) in [4.78, 5) is 14.0. The van der Waals surface area contributed by atoms with Crippen LogP contribution in [0.4, 0.5) is 0 Å². The molecule has 0 saturated heterocycles. The highest BCUT2D eigenvalue weighted by Crippen LogP contribution is 2.38. The Hall–Kier alpha value is -1.66. The molecule has 1 rings (SSSR count). The highest BCUT2D eigenvalue weighted by molar-refractivity contribution is 5.95. The Morgan fingerprint density at radius 3 is 2.00 bits per heavy atom. The molecule has 0 heterocycles. The van der Waals surface area contributed by atoms with E-state index in [0.29, 0.717) is 29.4 Å². The van der Waals surface area contributed by atoms with Gasteiger partial charge in [0.2, 0.25) is 5.75 Å². The zero-order valence-corrected chi connectivity index (χ0v) is 13.8. The van der Waals surface area contributed by atoms with E-state index >= 15 is 0 Å². The molecule has 0 fully saturated rings. The second-order valence-corrected chi connectivity index (χ2v) is 4.41. The van der Waals surface area contributed by atoms with Gasteiger partial charge < -0.3 is 24.8 Å². The maximum atomic E-state index is 12.4. The van der Waals surface area contributed by atoms with Gasteiger partial charge in [0.25, 0.3) is 5.91 Å². The Kier molecular flexibility index (Phi) is 7.91. The Morgan fingerprint density at radius 2 is 1.67 bits per heavy atom. The average molecular weight is 319 g/mol. The van der Waals surface area contributed by atoms with Crippen LogP contribution in [0.5, 0.6) is 17.2 Å². The number of methoxy groups -OCH3 is 3. The third kappa shape index (κ3) is 4.15. The summed E-state index contributed by atoms with van der Waals surface area (Å²) in [5, 5.41) is 0. The van der Waals surface area contributed by atoms with Gasteiger partial charge >= 0.3 is 0 Å². The van der Waals surface area contributed by atoms with Crippen LogP contribution in [-0.2, 0) is 0 Å². The van der Waals surface area contributed by atoms with Gasteiger partial charge in [-0.05, 0) is 19.1 Å². The summed E-state index contributed by atoms with van der Waals surface area (Å²) >= 11 is 0. The summed E-state index contributed by atoms with van der Waals surface area (Å²) in [7, 11) is 6.25. The molecule has 1 amide bonds. The molecule has 0 aliphatic heterocycles. The van der Waals surface area contributed by atoms with Gasteiger partial charge in [0.15, 0.2) is 11.5 Å². The number of nitrogens with zero attached hydrogens (tertiary/aromatic N) is 1. The Labute approximate surface area is 131 Å². The Balaban J connectivity index is 0.00000400. The van der Waals surface area contributed by atoms with Crippen molar-refractivity contribution in [3.63, 3.8) is 0 Å². The van der Waals surface area contributed by atoms with Crippen LogP contribution in [0.15, 0.2) is 12.1 Å². The van der Waals surface area contributed by atoms with Gasteiger partial charge in [0.1, 0.15) is 0 Å². The second-order valence-electron chi connectivity index (χ2n) is 4.41. The van der Waals surface area contributed by atoms with Crippen LogP contribution in [0.1, 0.15) is 17.3 Å². The molecule has 1 aromatic carbocycles. The second kappa shape index (κ2) is 8.59. The summed E-state index contributed by atoms with van der Waals surface area (Å²) in [6, 6.07) is 3.20. The van der Waals surface area contributed by atoms with Gasteiger partial charge in [-0.15, -0.1) is 12.4 Å². The molecular weight excluding hydrogens is 296 g/mol. The first-order valence-corrected chi connectivity index (χ1v) is 6.27. The molecule has 0 bridgehead atoms. The van der Waals surface area contributed by atoms with Crippen molar-refractivity contribution < 1.29 is 19.0 Å². The Bertz CT molecular complexity index is 457. The minimum Gasteiger partial charge on any atom is -0.493 e. The van der Waals surface area contributed by atoms with Gasteiger partial charge in [-0.25, -0.2) is 0 Å². The van der Waals surface area contributed by atoms with Crippen molar-refractivity contribution in [2.24, 2.45) is 5.73 Å². The number of benzene rings is 1. The van der Waals surface area contributed by atoms with Crippen LogP contribution in [-0.4, -0.2) is 51.8 Å². The maximum Gasteiger partial charge on any atom is 0.254 e. The highest BCUT2D eigenvalue weighted by atomic mass is 35.5. The van der Waals surface area contributed by atoms with E-state index in [0.717, 1.165) is 0 Å². The van der Waals surface area contributed by atoms with Gasteiger partial charge in [-0.2, -0.15) is 0 Å². The summed E-state index contributed by atoms with van der Waals surface area (Å²) < 4.78 is 15.7. The predicted octanol–water partition coefficient (Wildman–Crippen LogP) is 1.55. The number of hydrogen-bond donors (Lipinski definition) is 1. The van der Waals surface area contributed by atoms with Crippen molar-refractivity contribution in [3.8, 4) is 17.2 Å². The van der Waals surface area contributed by atoms with Crippen molar-refractivity contribution >= 4 is 18.3 Å². The van der Waals surface area contributed by atoms with E-state index in [1.165, 1.54) is 21.3 Å².